The summed E-state index contributed by atoms with van der Waals surface area (Å²) in [5, 5.41) is 9.11. The molecule has 0 unspecified atom stereocenters. The predicted octanol–water partition coefficient (Wildman–Crippen LogP) is 2.71. The van der Waals surface area contributed by atoms with Crippen molar-refractivity contribution in [1.82, 2.24) is 0 Å². The van der Waals surface area contributed by atoms with E-state index in [1.54, 1.807) is 0 Å². The lowest BCUT2D eigenvalue weighted by molar-refractivity contribution is 0.471. The molecule has 5 heteroatoms. The highest BCUT2D eigenvalue weighted by molar-refractivity contribution is 6.47. The Labute approximate surface area is 83.3 Å². The first-order valence-electron chi connectivity index (χ1n) is 2.90. The van der Waals surface area contributed by atoms with Gasteiger partial charge in [0.15, 0.2) is 5.75 Å². The van der Waals surface area contributed by atoms with Gasteiger partial charge < -0.3 is 5.11 Å². The molecule has 64 valence electrons. The van der Waals surface area contributed by atoms with Gasteiger partial charge in [-0.25, -0.2) is 0 Å². The van der Waals surface area contributed by atoms with Crippen LogP contribution in [0.2, 0.25) is 15.1 Å². The second-order valence-corrected chi connectivity index (χ2v) is 3.24. The summed E-state index contributed by atoms with van der Waals surface area (Å²) in [6.07, 6.45) is 0. The van der Waals surface area contributed by atoms with E-state index < -0.39 is 11.2 Å². The lowest BCUT2D eigenvalue weighted by Gasteiger charge is -1.87. The molecule has 0 aromatic heterocycles. The molecule has 0 aliphatic carbocycles. The first kappa shape index (κ1) is 9.65. The number of hydrogen-bond acceptors (Lipinski definition) is 2. The Morgan fingerprint density at radius 1 is 1.08 bits per heavy atom. The summed E-state index contributed by atoms with van der Waals surface area (Å²) in [6.45, 7) is 0. The van der Waals surface area contributed by atoms with Crippen molar-refractivity contribution in [1.29, 1.82) is 0 Å². The molecule has 0 fully saturated rings. The van der Waals surface area contributed by atoms with E-state index >= 15 is 0 Å². The van der Waals surface area contributed by atoms with E-state index in [0.29, 0.717) is 0 Å². The van der Waals surface area contributed by atoms with E-state index in [0.717, 1.165) is 12.1 Å². The highest BCUT2D eigenvalue weighted by atomic mass is 35.5. The Morgan fingerprint density at radius 3 is 2.17 bits per heavy atom. The highest BCUT2D eigenvalue weighted by Gasteiger charge is 2.04. The quantitative estimate of drug-likeness (QED) is 0.737. The fourth-order valence-corrected chi connectivity index (χ4v) is 1.18. The standard InChI is InChI=1S/C7H3Cl3O2/c8-3-1-5(11)6(12)2-4(9)7(3)10/h1-2H,(H,11,12). The van der Waals surface area contributed by atoms with E-state index in [-0.39, 0.29) is 15.1 Å². The van der Waals surface area contributed by atoms with Crippen molar-refractivity contribution in [2.45, 2.75) is 0 Å². The molecular weight excluding hydrogens is 222 g/mol. The number of halogens is 3. The highest BCUT2D eigenvalue weighted by Crippen LogP contribution is 2.28. The van der Waals surface area contributed by atoms with Crippen molar-refractivity contribution in [3.05, 3.63) is 37.4 Å². The molecule has 0 spiro atoms. The lowest BCUT2D eigenvalue weighted by atomic mass is 10.5. The summed E-state index contributed by atoms with van der Waals surface area (Å²) < 4.78 is 0. The topological polar surface area (TPSA) is 37.3 Å². The molecule has 0 atom stereocenters. The molecule has 0 amide bonds. The van der Waals surface area contributed by atoms with Crippen LogP contribution in [0.3, 0.4) is 0 Å². The first-order chi connectivity index (χ1) is 5.52. The maximum atomic E-state index is 10.9. The minimum absolute atomic E-state index is 0.0203. The molecule has 0 aliphatic rings. The van der Waals surface area contributed by atoms with Gasteiger partial charge in [-0.1, -0.05) is 34.8 Å². The van der Waals surface area contributed by atoms with Crippen LogP contribution in [0, 0.1) is 0 Å². The van der Waals surface area contributed by atoms with Gasteiger partial charge in [0.2, 0.25) is 5.43 Å². The molecule has 12 heavy (non-hydrogen) atoms. The normalized spacial score (nSPS) is 9.92. The van der Waals surface area contributed by atoms with Gasteiger partial charge in [0.05, 0.1) is 15.1 Å². The summed E-state index contributed by atoms with van der Waals surface area (Å²) in [4.78, 5) is 10.9. The van der Waals surface area contributed by atoms with Crippen LogP contribution in [0.15, 0.2) is 16.9 Å². The van der Waals surface area contributed by atoms with E-state index in [9.17, 15) is 4.79 Å². The Bertz CT molecular complexity index is 376. The van der Waals surface area contributed by atoms with Crippen LogP contribution in [-0.2, 0) is 0 Å². The number of aromatic hydroxyl groups is 1. The average Bonchev–Trinajstić information content (AvgIpc) is 2.07. The third-order valence-corrected chi connectivity index (χ3v) is 2.39. The molecular formula is C7H3Cl3O2. The van der Waals surface area contributed by atoms with Crippen LogP contribution in [0.1, 0.15) is 0 Å². The molecule has 0 bridgehead atoms. The zero-order chi connectivity index (χ0) is 9.30. The third kappa shape index (κ3) is 1.83. The average molecular weight is 225 g/mol. The molecule has 1 aromatic carbocycles. The molecule has 1 N–H and O–H groups in total. The second kappa shape index (κ2) is 3.52. The molecule has 1 aromatic rings. The number of hydrogen-bond donors (Lipinski definition) is 1. The van der Waals surface area contributed by atoms with Crippen molar-refractivity contribution in [3.8, 4) is 5.75 Å². The van der Waals surface area contributed by atoms with E-state index in [4.69, 9.17) is 39.9 Å². The van der Waals surface area contributed by atoms with Gasteiger partial charge in [-0.3, -0.25) is 4.79 Å². The Hall–Kier alpha value is -0.440. The van der Waals surface area contributed by atoms with Gasteiger partial charge in [0.1, 0.15) is 0 Å². The fourth-order valence-electron chi connectivity index (χ4n) is 0.621. The van der Waals surface area contributed by atoms with Gasteiger partial charge in [-0.2, -0.15) is 0 Å². The monoisotopic (exact) mass is 224 g/mol. The summed E-state index contributed by atoms with van der Waals surface area (Å²) >= 11 is 16.7. The zero-order valence-electron chi connectivity index (χ0n) is 5.64. The first-order valence-corrected chi connectivity index (χ1v) is 4.03. The largest absolute Gasteiger partial charge is 0.504 e. The zero-order valence-corrected chi connectivity index (χ0v) is 7.91. The fraction of sp³-hybridized carbons (Fsp3) is 0. The SMILES string of the molecule is O=c1cc(Cl)c(Cl)c(Cl)cc1O. The van der Waals surface area contributed by atoms with Crippen LogP contribution in [0.25, 0.3) is 0 Å². The lowest BCUT2D eigenvalue weighted by Crippen LogP contribution is -1.92. The van der Waals surface area contributed by atoms with Crippen LogP contribution in [-0.4, -0.2) is 5.11 Å². The van der Waals surface area contributed by atoms with Crippen molar-refractivity contribution >= 4 is 34.8 Å². The van der Waals surface area contributed by atoms with Crippen molar-refractivity contribution in [2.75, 3.05) is 0 Å². The summed E-state index contributed by atoms with van der Waals surface area (Å²) in [7, 11) is 0. The maximum Gasteiger partial charge on any atom is 0.221 e. The Kier molecular flexibility index (Phi) is 2.83. The van der Waals surface area contributed by atoms with Crippen molar-refractivity contribution in [3.63, 3.8) is 0 Å². The minimum atomic E-state index is -0.617. The predicted molar refractivity (Wildman–Crippen MR) is 49.4 cm³/mol. The van der Waals surface area contributed by atoms with E-state index in [2.05, 4.69) is 0 Å². The van der Waals surface area contributed by atoms with Crippen LogP contribution >= 0.6 is 34.8 Å². The maximum absolute atomic E-state index is 10.9. The van der Waals surface area contributed by atoms with Gasteiger partial charge in [-0.05, 0) is 0 Å². The third-order valence-electron chi connectivity index (χ3n) is 1.19. The van der Waals surface area contributed by atoms with Crippen molar-refractivity contribution in [2.24, 2.45) is 0 Å². The summed E-state index contributed by atoms with van der Waals surface area (Å²) in [5.74, 6) is -0.478. The van der Waals surface area contributed by atoms with Gasteiger partial charge in [0, 0.05) is 12.1 Å². The molecule has 0 saturated carbocycles. The van der Waals surface area contributed by atoms with E-state index in [1.165, 1.54) is 0 Å². The summed E-state index contributed by atoms with van der Waals surface area (Å²) in [5.41, 5.74) is -0.617. The van der Waals surface area contributed by atoms with Crippen LogP contribution < -0.4 is 5.43 Å². The molecule has 2 nitrogen and oxygen atoms in total. The van der Waals surface area contributed by atoms with E-state index in [1.807, 2.05) is 0 Å². The molecule has 0 radical (unpaired) electrons. The molecule has 0 heterocycles. The summed E-state index contributed by atoms with van der Waals surface area (Å²) in [6, 6.07) is 2.06. The smallest absolute Gasteiger partial charge is 0.221 e. The van der Waals surface area contributed by atoms with Gasteiger partial charge in [0.25, 0.3) is 0 Å². The van der Waals surface area contributed by atoms with Crippen LogP contribution in [0.4, 0.5) is 0 Å². The molecule has 1 rings (SSSR count). The van der Waals surface area contributed by atoms with Crippen molar-refractivity contribution < 1.29 is 5.11 Å². The Morgan fingerprint density at radius 2 is 1.58 bits per heavy atom. The Balaban J connectivity index is 3.66. The number of rotatable bonds is 0. The second-order valence-electron chi connectivity index (χ2n) is 2.05. The minimum Gasteiger partial charge on any atom is -0.504 e. The van der Waals surface area contributed by atoms with Gasteiger partial charge >= 0.3 is 0 Å². The van der Waals surface area contributed by atoms with Crippen LogP contribution in [0.5, 0.6) is 5.75 Å². The van der Waals surface area contributed by atoms with Gasteiger partial charge in [-0.15, -0.1) is 0 Å². The molecule has 0 aliphatic heterocycles. The molecule has 0 saturated heterocycles.